The number of hydrogen-bond donors (Lipinski definition) is 3. The van der Waals surface area contributed by atoms with Crippen molar-refractivity contribution in [3.05, 3.63) is 58.6 Å². The van der Waals surface area contributed by atoms with E-state index in [0.29, 0.717) is 57.4 Å². The second-order valence-electron chi connectivity index (χ2n) is 17.6. The monoisotopic (exact) mass is 857 g/mol. The number of nitrogens with zero attached hydrogens (tertiary/aromatic N) is 2. The fourth-order valence-electron chi connectivity index (χ4n) is 7.44. The maximum atomic E-state index is 13.0. The Morgan fingerprint density at radius 3 is 2.20 bits per heavy atom. The van der Waals surface area contributed by atoms with Crippen LogP contribution < -0.4 is 22.1 Å². The van der Waals surface area contributed by atoms with E-state index in [1.165, 1.54) is 11.5 Å². The summed E-state index contributed by atoms with van der Waals surface area (Å²) >= 11 is 0. The van der Waals surface area contributed by atoms with Gasteiger partial charge in [0, 0.05) is 45.2 Å². The number of hydrogen-bond acceptors (Lipinski definition) is 12. The Labute approximate surface area is 357 Å². The summed E-state index contributed by atoms with van der Waals surface area (Å²) in [4.78, 5) is 54.7. The molecule has 0 bridgehead atoms. The van der Waals surface area contributed by atoms with Gasteiger partial charge in [-0.1, -0.05) is 72.6 Å². The molecule has 1 aromatic heterocycles. The Bertz CT molecular complexity index is 1720. The third-order valence-corrected chi connectivity index (χ3v) is 16.4. The van der Waals surface area contributed by atoms with Crippen LogP contribution in [0.4, 0.5) is 5.82 Å². The van der Waals surface area contributed by atoms with Gasteiger partial charge in [0.2, 0.25) is 11.8 Å². The third kappa shape index (κ3) is 13.7. The predicted octanol–water partition coefficient (Wildman–Crippen LogP) is 6.27. The SMILES string of the molecule is CC[C@H]1O[C@@H](n2ccc(N)nc2=O)[C@@H](O[Si](C)(C)C(C)(C)C)C1OCCCCCCNC(=O)CCCCO[C@@H]1O[C@H](CC)[C@H](C)[C@H](OC(=O)c2ccccc2)[C@H]1NC(C)=O. The quantitative estimate of drug-likeness (QED) is 0.0684. The van der Waals surface area contributed by atoms with Crippen molar-refractivity contribution in [1.82, 2.24) is 20.2 Å². The van der Waals surface area contributed by atoms with Gasteiger partial charge in [-0.3, -0.25) is 14.2 Å². The Morgan fingerprint density at radius 1 is 0.883 bits per heavy atom. The van der Waals surface area contributed by atoms with Gasteiger partial charge in [0.05, 0.1) is 17.8 Å². The topological polar surface area (TPSA) is 192 Å². The van der Waals surface area contributed by atoms with Crippen molar-refractivity contribution in [2.24, 2.45) is 5.92 Å². The lowest BCUT2D eigenvalue weighted by Crippen LogP contribution is -2.62. The van der Waals surface area contributed by atoms with E-state index in [1.807, 2.05) is 26.8 Å². The van der Waals surface area contributed by atoms with Gasteiger partial charge in [0.25, 0.3) is 0 Å². The van der Waals surface area contributed by atoms with Crippen LogP contribution >= 0.6 is 0 Å². The molecule has 4 N–H and O–H groups in total. The summed E-state index contributed by atoms with van der Waals surface area (Å²) in [5.41, 5.74) is 5.72. The second-order valence-corrected chi connectivity index (χ2v) is 22.3. The van der Waals surface area contributed by atoms with Crippen molar-refractivity contribution in [2.75, 3.05) is 25.5 Å². The first-order valence-electron chi connectivity index (χ1n) is 21.8. The van der Waals surface area contributed by atoms with Gasteiger partial charge in [-0.2, -0.15) is 4.98 Å². The molecule has 9 atom stereocenters. The Balaban J connectivity index is 1.17. The van der Waals surface area contributed by atoms with Crippen LogP contribution in [0.3, 0.4) is 0 Å². The van der Waals surface area contributed by atoms with Crippen LogP contribution in [0.5, 0.6) is 0 Å². The zero-order valence-electron chi connectivity index (χ0n) is 37.3. The molecule has 2 saturated heterocycles. The average Bonchev–Trinajstić information content (AvgIpc) is 3.52. The first-order valence-corrected chi connectivity index (χ1v) is 24.7. The average molecular weight is 858 g/mol. The first-order chi connectivity index (χ1) is 28.5. The van der Waals surface area contributed by atoms with Crippen molar-refractivity contribution >= 4 is 31.9 Å². The van der Waals surface area contributed by atoms with E-state index in [2.05, 4.69) is 49.5 Å². The van der Waals surface area contributed by atoms with Gasteiger partial charge in [-0.05, 0) is 74.9 Å². The van der Waals surface area contributed by atoms with Gasteiger partial charge in [-0.25, -0.2) is 9.59 Å². The number of esters is 1. The maximum Gasteiger partial charge on any atom is 0.351 e. The highest BCUT2D eigenvalue weighted by atomic mass is 28.4. The van der Waals surface area contributed by atoms with E-state index in [0.717, 1.165) is 25.7 Å². The van der Waals surface area contributed by atoms with Gasteiger partial charge in [0.15, 0.2) is 20.8 Å². The molecule has 60 heavy (non-hydrogen) atoms. The summed E-state index contributed by atoms with van der Waals surface area (Å²) in [6, 6.07) is 9.66. The van der Waals surface area contributed by atoms with Gasteiger partial charge in [-0.15, -0.1) is 0 Å². The Hall–Kier alpha value is -3.67. The molecule has 4 rings (SSSR count). The molecule has 2 aliphatic heterocycles. The highest BCUT2D eigenvalue weighted by molar-refractivity contribution is 6.74. The zero-order chi connectivity index (χ0) is 44.0. The van der Waals surface area contributed by atoms with Gasteiger partial charge < -0.3 is 44.5 Å². The number of benzene rings is 1. The molecule has 1 aromatic carbocycles. The number of aromatic nitrogens is 2. The van der Waals surface area contributed by atoms with Crippen molar-refractivity contribution in [3.63, 3.8) is 0 Å². The normalized spacial score (nSPS) is 25.8. The minimum absolute atomic E-state index is 0.0132. The van der Waals surface area contributed by atoms with Gasteiger partial charge >= 0.3 is 11.7 Å². The molecule has 2 aliphatic rings. The van der Waals surface area contributed by atoms with E-state index >= 15 is 0 Å². The number of rotatable bonds is 22. The summed E-state index contributed by atoms with van der Waals surface area (Å²) < 4.78 is 39.7. The molecule has 15 nitrogen and oxygen atoms in total. The highest BCUT2D eigenvalue weighted by Gasteiger charge is 2.51. The van der Waals surface area contributed by atoms with Crippen LogP contribution in [-0.4, -0.2) is 98.3 Å². The van der Waals surface area contributed by atoms with Gasteiger partial charge in [0.1, 0.15) is 30.2 Å². The van der Waals surface area contributed by atoms with Crippen molar-refractivity contribution in [1.29, 1.82) is 0 Å². The molecule has 336 valence electrons. The predicted molar refractivity (Wildman–Crippen MR) is 232 cm³/mol. The van der Waals surface area contributed by atoms with Crippen LogP contribution in [0, 0.1) is 5.92 Å². The number of nitrogens with two attached hydrogens (primary N) is 1. The summed E-state index contributed by atoms with van der Waals surface area (Å²) in [5.74, 6) is -0.789. The number of amides is 2. The van der Waals surface area contributed by atoms with Crippen LogP contribution in [0.15, 0.2) is 47.4 Å². The molecule has 3 heterocycles. The lowest BCUT2D eigenvalue weighted by atomic mass is 9.87. The minimum atomic E-state index is -2.28. The van der Waals surface area contributed by atoms with Crippen molar-refractivity contribution in [3.8, 4) is 0 Å². The largest absolute Gasteiger partial charge is 0.456 e. The molecular weight excluding hydrogens is 787 g/mol. The molecule has 1 unspecified atom stereocenters. The molecule has 0 aliphatic carbocycles. The summed E-state index contributed by atoms with van der Waals surface area (Å²) in [6.45, 7) is 19.7. The summed E-state index contributed by atoms with van der Waals surface area (Å²) in [5, 5.41) is 5.86. The third-order valence-electron chi connectivity index (χ3n) is 11.9. The van der Waals surface area contributed by atoms with Crippen LogP contribution in [-0.2, 0) is 37.7 Å². The lowest BCUT2D eigenvalue weighted by molar-refractivity contribution is -0.249. The summed E-state index contributed by atoms with van der Waals surface area (Å²) in [6.07, 6.45) is 4.68. The molecule has 2 fully saturated rings. The van der Waals surface area contributed by atoms with E-state index in [1.54, 1.807) is 36.5 Å². The Kier molecular flexibility index (Phi) is 18.7. The van der Waals surface area contributed by atoms with Crippen LogP contribution in [0.2, 0.25) is 18.1 Å². The number of carbonyl (C=O) groups is 3. The first kappa shape index (κ1) is 49.0. The molecule has 16 heteroatoms. The number of nitrogen functional groups attached to an aromatic ring is 1. The Morgan fingerprint density at radius 2 is 1.55 bits per heavy atom. The lowest BCUT2D eigenvalue weighted by Gasteiger charge is -2.45. The van der Waals surface area contributed by atoms with E-state index in [9.17, 15) is 19.2 Å². The number of nitrogens with one attached hydrogen (secondary N) is 2. The standard InChI is InChI=1S/C44H71N5O10Si/c1-10-32-29(3)37(58-41(52)31-21-15-14-16-22-31)36(47-30(4)50)42(57-32)55-28-20-17-23-35(51)46-25-18-12-13-19-27-54-38-33(11-2)56-40(49-26-24-34(45)48-43(49)53)39(38)59-60(8,9)44(5,6)7/h14-16,21-22,24,26,29,32-33,36-40,42H,10-13,17-20,23,25,27-28H2,1-9H3,(H,46,51)(H,47,50)(H2,45,48,53)/t29-,32+,33+,36+,37-,38?,39-,40+,42+/m0/s1. The molecule has 0 radical (unpaired) electrons. The molecular formula is C44H71N5O10Si. The van der Waals surface area contributed by atoms with Crippen LogP contribution in [0.25, 0.3) is 0 Å². The molecule has 2 amide bonds. The smallest absolute Gasteiger partial charge is 0.351 e. The number of carbonyl (C=O) groups excluding carboxylic acids is 3. The fourth-order valence-corrected chi connectivity index (χ4v) is 8.73. The molecule has 0 spiro atoms. The van der Waals surface area contributed by atoms with Crippen molar-refractivity contribution < 1.29 is 42.5 Å². The fraction of sp³-hybridized carbons (Fsp3) is 0.705. The zero-order valence-corrected chi connectivity index (χ0v) is 38.3. The number of unbranched alkanes of at least 4 members (excludes halogenated alkanes) is 4. The number of anilines is 1. The van der Waals surface area contributed by atoms with E-state index in [-0.39, 0.29) is 46.9 Å². The van der Waals surface area contributed by atoms with Crippen molar-refractivity contribution in [2.45, 2.75) is 173 Å². The summed E-state index contributed by atoms with van der Waals surface area (Å²) in [7, 11) is -2.28. The van der Waals surface area contributed by atoms with E-state index in [4.69, 9.17) is 33.8 Å². The maximum absolute atomic E-state index is 13.0. The molecule has 2 aromatic rings. The second kappa shape index (κ2) is 23.0. The highest BCUT2D eigenvalue weighted by Crippen LogP contribution is 2.43. The molecule has 0 saturated carbocycles. The minimum Gasteiger partial charge on any atom is -0.456 e. The van der Waals surface area contributed by atoms with Crippen LogP contribution in [0.1, 0.15) is 123 Å². The van der Waals surface area contributed by atoms with E-state index < -0.39 is 50.7 Å². The number of ether oxygens (including phenoxy) is 5.